The molecule has 0 amide bonds. The van der Waals surface area contributed by atoms with Crippen molar-refractivity contribution in [3.63, 3.8) is 0 Å². The largest absolute Gasteiger partial charge is 0.308 e. The molecule has 1 aromatic rings. The Balaban J connectivity index is 2.82. The Kier molecular flexibility index (Phi) is 3.33. The van der Waals surface area contributed by atoms with E-state index in [1.807, 2.05) is 6.92 Å². The number of nitrogens with zero attached hydrogens (tertiary/aromatic N) is 2. The minimum atomic E-state index is 0.515. The molecule has 0 aliphatic rings. The van der Waals surface area contributed by atoms with E-state index in [1.165, 1.54) is 6.33 Å². The zero-order chi connectivity index (χ0) is 9.68. The van der Waals surface area contributed by atoms with Crippen LogP contribution in [0.5, 0.6) is 0 Å². The fraction of sp³-hybridized carbons (Fsp3) is 0.375. The van der Waals surface area contributed by atoms with Crippen LogP contribution in [0.15, 0.2) is 12.4 Å². The van der Waals surface area contributed by atoms with Crippen molar-refractivity contribution in [3.05, 3.63) is 18.1 Å². The number of nitrogen functional groups attached to an aromatic ring is 1. The molecule has 5 nitrogen and oxygen atoms in total. The standard InChI is InChI=1S/C8H13N5/c1-2-3-6(9)7-4-8(13-10)12-5-11-7/h4-5,9H,2-3,10H2,1H3,(H,11,12,13). The summed E-state index contributed by atoms with van der Waals surface area (Å²) < 4.78 is 0. The Morgan fingerprint density at radius 2 is 2.38 bits per heavy atom. The number of nitrogens with two attached hydrogens (primary N) is 1. The van der Waals surface area contributed by atoms with E-state index in [-0.39, 0.29) is 0 Å². The number of anilines is 1. The summed E-state index contributed by atoms with van der Waals surface area (Å²) in [6.07, 6.45) is 3.06. The highest BCUT2D eigenvalue weighted by Gasteiger charge is 2.02. The molecule has 1 aromatic heterocycles. The third kappa shape index (κ3) is 2.48. The van der Waals surface area contributed by atoms with Gasteiger partial charge in [-0.3, -0.25) is 0 Å². The molecule has 0 aliphatic carbocycles. The van der Waals surface area contributed by atoms with Crippen LogP contribution in [0.1, 0.15) is 25.5 Å². The number of hydrogen-bond acceptors (Lipinski definition) is 5. The second-order valence-electron chi connectivity index (χ2n) is 2.66. The van der Waals surface area contributed by atoms with Gasteiger partial charge in [-0.25, -0.2) is 15.8 Å². The van der Waals surface area contributed by atoms with Gasteiger partial charge in [0.05, 0.1) is 11.4 Å². The first-order chi connectivity index (χ1) is 6.27. The highest BCUT2D eigenvalue weighted by Crippen LogP contribution is 2.05. The average Bonchev–Trinajstić information content (AvgIpc) is 2.18. The van der Waals surface area contributed by atoms with E-state index < -0.39 is 0 Å². The van der Waals surface area contributed by atoms with E-state index in [2.05, 4.69) is 15.4 Å². The summed E-state index contributed by atoms with van der Waals surface area (Å²) in [5.41, 5.74) is 3.56. The van der Waals surface area contributed by atoms with Gasteiger partial charge in [0.25, 0.3) is 0 Å². The minimum Gasteiger partial charge on any atom is -0.308 e. The maximum Gasteiger partial charge on any atom is 0.143 e. The fourth-order valence-electron chi connectivity index (χ4n) is 0.979. The molecule has 70 valence electrons. The first-order valence-corrected chi connectivity index (χ1v) is 4.14. The summed E-state index contributed by atoms with van der Waals surface area (Å²) in [7, 11) is 0. The highest BCUT2D eigenvalue weighted by atomic mass is 15.3. The molecule has 1 rings (SSSR count). The van der Waals surface area contributed by atoms with Crippen molar-refractivity contribution < 1.29 is 0 Å². The summed E-state index contributed by atoms with van der Waals surface area (Å²) in [6.45, 7) is 2.03. The summed E-state index contributed by atoms with van der Waals surface area (Å²) in [6, 6.07) is 1.66. The maximum absolute atomic E-state index is 7.64. The fourth-order valence-corrected chi connectivity index (χ4v) is 0.979. The molecule has 0 aromatic carbocycles. The first kappa shape index (κ1) is 9.60. The molecule has 0 atom stereocenters. The SMILES string of the molecule is CCCC(=N)c1cc(NN)ncn1. The van der Waals surface area contributed by atoms with Gasteiger partial charge in [-0.1, -0.05) is 13.3 Å². The van der Waals surface area contributed by atoms with Gasteiger partial charge in [-0.2, -0.15) is 0 Å². The molecule has 4 N–H and O–H groups in total. The minimum absolute atomic E-state index is 0.515. The summed E-state index contributed by atoms with van der Waals surface area (Å²) >= 11 is 0. The third-order valence-corrected chi connectivity index (χ3v) is 1.62. The number of aromatic nitrogens is 2. The summed E-state index contributed by atoms with van der Waals surface area (Å²) in [4.78, 5) is 7.83. The van der Waals surface area contributed by atoms with Crippen LogP contribution in [0.2, 0.25) is 0 Å². The van der Waals surface area contributed by atoms with Crippen molar-refractivity contribution >= 4 is 11.5 Å². The Bertz CT molecular complexity index is 296. The zero-order valence-electron chi connectivity index (χ0n) is 7.54. The Hall–Kier alpha value is -1.49. The molecule has 0 radical (unpaired) electrons. The van der Waals surface area contributed by atoms with E-state index in [0.717, 1.165) is 12.8 Å². The summed E-state index contributed by atoms with van der Waals surface area (Å²) in [5, 5.41) is 7.64. The second kappa shape index (κ2) is 4.51. The summed E-state index contributed by atoms with van der Waals surface area (Å²) in [5.74, 6) is 5.72. The predicted octanol–water partition coefficient (Wildman–Crippen LogP) is 0.930. The van der Waals surface area contributed by atoms with E-state index in [4.69, 9.17) is 11.3 Å². The van der Waals surface area contributed by atoms with Gasteiger partial charge in [0.2, 0.25) is 0 Å². The Morgan fingerprint density at radius 3 is 3.00 bits per heavy atom. The van der Waals surface area contributed by atoms with Crippen molar-refractivity contribution in [2.75, 3.05) is 5.43 Å². The van der Waals surface area contributed by atoms with E-state index in [9.17, 15) is 0 Å². The van der Waals surface area contributed by atoms with Crippen LogP contribution in [-0.2, 0) is 0 Å². The van der Waals surface area contributed by atoms with Crippen LogP contribution < -0.4 is 11.3 Å². The lowest BCUT2D eigenvalue weighted by molar-refractivity contribution is 0.976. The smallest absolute Gasteiger partial charge is 0.143 e. The van der Waals surface area contributed by atoms with Gasteiger partial charge in [-0.05, 0) is 6.42 Å². The molecule has 0 spiro atoms. The molecule has 13 heavy (non-hydrogen) atoms. The zero-order valence-corrected chi connectivity index (χ0v) is 7.54. The van der Waals surface area contributed by atoms with E-state index >= 15 is 0 Å². The van der Waals surface area contributed by atoms with Gasteiger partial charge in [0.1, 0.15) is 12.1 Å². The molecular formula is C8H13N5. The lowest BCUT2D eigenvalue weighted by Gasteiger charge is -2.02. The molecule has 0 fully saturated rings. The van der Waals surface area contributed by atoms with Crippen LogP contribution in [0.25, 0.3) is 0 Å². The monoisotopic (exact) mass is 179 g/mol. The molecule has 0 saturated heterocycles. The van der Waals surface area contributed by atoms with Crippen molar-refractivity contribution in [2.45, 2.75) is 19.8 Å². The molecule has 0 aliphatic heterocycles. The quantitative estimate of drug-likeness (QED) is 0.364. The molecule has 1 heterocycles. The second-order valence-corrected chi connectivity index (χ2v) is 2.66. The number of hydrogen-bond donors (Lipinski definition) is 3. The van der Waals surface area contributed by atoms with Crippen LogP contribution in [-0.4, -0.2) is 15.7 Å². The molecule has 0 bridgehead atoms. The molecular weight excluding hydrogens is 166 g/mol. The van der Waals surface area contributed by atoms with Crippen LogP contribution in [0.3, 0.4) is 0 Å². The predicted molar refractivity (Wildman–Crippen MR) is 51.6 cm³/mol. The van der Waals surface area contributed by atoms with Crippen molar-refractivity contribution in [1.82, 2.24) is 9.97 Å². The normalized spacial score (nSPS) is 9.69. The third-order valence-electron chi connectivity index (χ3n) is 1.62. The lowest BCUT2D eigenvalue weighted by atomic mass is 10.1. The van der Waals surface area contributed by atoms with E-state index in [1.54, 1.807) is 6.07 Å². The number of rotatable bonds is 4. The van der Waals surface area contributed by atoms with Gasteiger partial charge >= 0.3 is 0 Å². The van der Waals surface area contributed by atoms with Crippen molar-refractivity contribution in [2.24, 2.45) is 5.84 Å². The first-order valence-electron chi connectivity index (χ1n) is 4.14. The molecule has 5 heteroatoms. The number of hydrazine groups is 1. The van der Waals surface area contributed by atoms with Gasteiger partial charge in [0, 0.05) is 6.07 Å². The topological polar surface area (TPSA) is 87.7 Å². The van der Waals surface area contributed by atoms with Gasteiger partial charge in [-0.15, -0.1) is 0 Å². The average molecular weight is 179 g/mol. The molecule has 0 unspecified atom stereocenters. The van der Waals surface area contributed by atoms with Crippen molar-refractivity contribution in [3.8, 4) is 0 Å². The molecule has 0 saturated carbocycles. The number of nitrogens with one attached hydrogen (secondary N) is 2. The maximum atomic E-state index is 7.64. The Labute approximate surface area is 76.9 Å². The van der Waals surface area contributed by atoms with E-state index in [0.29, 0.717) is 17.2 Å². The lowest BCUT2D eigenvalue weighted by Crippen LogP contribution is -2.10. The van der Waals surface area contributed by atoms with Crippen LogP contribution >= 0.6 is 0 Å². The van der Waals surface area contributed by atoms with Gasteiger partial charge in [0.15, 0.2) is 0 Å². The van der Waals surface area contributed by atoms with Gasteiger partial charge < -0.3 is 10.8 Å². The van der Waals surface area contributed by atoms with Crippen molar-refractivity contribution in [1.29, 1.82) is 5.41 Å². The Morgan fingerprint density at radius 1 is 1.62 bits per heavy atom. The van der Waals surface area contributed by atoms with Crippen LogP contribution in [0.4, 0.5) is 5.82 Å². The highest BCUT2D eigenvalue weighted by molar-refractivity contribution is 5.96. The van der Waals surface area contributed by atoms with Crippen LogP contribution in [0, 0.1) is 5.41 Å².